The number of hydrogen-bond acceptors (Lipinski definition) is 0. The molecule has 0 aromatic rings. The van der Waals surface area contributed by atoms with Gasteiger partial charge in [0, 0.05) is 0 Å². The van der Waals surface area contributed by atoms with Crippen molar-refractivity contribution >= 4 is 0 Å². The molecule has 98 valence electrons. The molecule has 0 heterocycles. The van der Waals surface area contributed by atoms with Crippen molar-refractivity contribution in [1.29, 1.82) is 0 Å². The molecular formula is C17H30. The first-order valence-corrected chi connectivity index (χ1v) is 7.03. The fourth-order valence-electron chi connectivity index (χ4n) is 1.93. The Bertz CT molecular complexity index is 272. The van der Waals surface area contributed by atoms with Crippen molar-refractivity contribution in [3.63, 3.8) is 0 Å². The fraction of sp³-hybridized carbons (Fsp3) is 0.647. The molecule has 0 saturated heterocycles. The summed E-state index contributed by atoms with van der Waals surface area (Å²) in [6.07, 6.45) is 14.4. The van der Waals surface area contributed by atoms with Crippen LogP contribution >= 0.6 is 0 Å². The van der Waals surface area contributed by atoms with Crippen molar-refractivity contribution < 1.29 is 0 Å². The van der Waals surface area contributed by atoms with E-state index in [1.807, 2.05) is 0 Å². The van der Waals surface area contributed by atoms with Crippen molar-refractivity contribution in [2.75, 3.05) is 0 Å². The maximum absolute atomic E-state index is 2.41. The molecule has 0 aliphatic heterocycles. The summed E-state index contributed by atoms with van der Waals surface area (Å²) in [5, 5.41) is 0. The summed E-state index contributed by atoms with van der Waals surface area (Å²) < 4.78 is 0. The molecule has 0 radical (unpaired) electrons. The Morgan fingerprint density at radius 1 is 0.882 bits per heavy atom. The Morgan fingerprint density at radius 2 is 1.53 bits per heavy atom. The van der Waals surface area contributed by atoms with E-state index in [1.54, 1.807) is 5.57 Å². The number of allylic oxidation sites excluding steroid dienone is 6. The number of rotatable bonds is 8. The first kappa shape index (κ1) is 16.2. The van der Waals surface area contributed by atoms with Gasteiger partial charge < -0.3 is 0 Å². The van der Waals surface area contributed by atoms with Gasteiger partial charge in [-0.05, 0) is 59.8 Å². The van der Waals surface area contributed by atoms with Crippen molar-refractivity contribution in [2.45, 2.75) is 73.1 Å². The smallest absolute Gasteiger partial charge is 0.0286 e. The summed E-state index contributed by atoms with van der Waals surface area (Å²) in [7, 11) is 0. The van der Waals surface area contributed by atoms with Crippen molar-refractivity contribution in [1.82, 2.24) is 0 Å². The van der Waals surface area contributed by atoms with E-state index in [-0.39, 0.29) is 0 Å². The van der Waals surface area contributed by atoms with Gasteiger partial charge in [-0.1, -0.05) is 48.3 Å². The molecule has 0 N–H and O–H groups in total. The summed E-state index contributed by atoms with van der Waals surface area (Å²) in [4.78, 5) is 0. The second kappa shape index (κ2) is 10.4. The minimum Gasteiger partial charge on any atom is -0.0884 e. The van der Waals surface area contributed by atoms with Gasteiger partial charge in [-0.3, -0.25) is 0 Å². The summed E-state index contributed by atoms with van der Waals surface area (Å²) in [5.74, 6) is 0. The third-order valence-electron chi connectivity index (χ3n) is 3.03. The van der Waals surface area contributed by atoms with E-state index in [4.69, 9.17) is 0 Å². The fourth-order valence-corrected chi connectivity index (χ4v) is 1.93. The molecule has 0 fully saturated rings. The van der Waals surface area contributed by atoms with Crippen molar-refractivity contribution in [3.05, 3.63) is 34.9 Å². The Balaban J connectivity index is 3.87. The van der Waals surface area contributed by atoms with Gasteiger partial charge in [0.15, 0.2) is 0 Å². The second-order valence-corrected chi connectivity index (χ2v) is 5.11. The lowest BCUT2D eigenvalue weighted by Crippen LogP contribution is -1.84. The van der Waals surface area contributed by atoms with Crippen LogP contribution in [0.4, 0.5) is 0 Å². The highest BCUT2D eigenvalue weighted by Gasteiger charge is 1.94. The molecule has 0 nitrogen and oxygen atoms in total. The highest BCUT2D eigenvalue weighted by Crippen LogP contribution is 2.14. The third-order valence-corrected chi connectivity index (χ3v) is 3.03. The van der Waals surface area contributed by atoms with Crippen LogP contribution in [0.1, 0.15) is 73.1 Å². The van der Waals surface area contributed by atoms with Gasteiger partial charge in [-0.2, -0.15) is 0 Å². The van der Waals surface area contributed by atoms with E-state index in [0.717, 1.165) is 0 Å². The van der Waals surface area contributed by atoms with Gasteiger partial charge in [-0.15, -0.1) is 0 Å². The van der Waals surface area contributed by atoms with Gasteiger partial charge >= 0.3 is 0 Å². The highest BCUT2D eigenvalue weighted by molar-refractivity contribution is 5.06. The van der Waals surface area contributed by atoms with Gasteiger partial charge in [0.25, 0.3) is 0 Å². The maximum Gasteiger partial charge on any atom is -0.0286 e. The zero-order chi connectivity index (χ0) is 13.1. The summed E-state index contributed by atoms with van der Waals surface area (Å²) in [6, 6.07) is 0. The lowest BCUT2D eigenvalue weighted by molar-refractivity contribution is 0.820. The van der Waals surface area contributed by atoms with Crippen LogP contribution in [0.2, 0.25) is 0 Å². The van der Waals surface area contributed by atoms with Gasteiger partial charge in [-0.25, -0.2) is 0 Å². The molecule has 0 heteroatoms. The monoisotopic (exact) mass is 234 g/mol. The quantitative estimate of drug-likeness (QED) is 0.438. The summed E-state index contributed by atoms with van der Waals surface area (Å²) in [6.45, 7) is 11.0. The normalized spacial score (nSPS) is 12.8. The minimum atomic E-state index is 1.19. The standard InChI is InChI=1S/C17H30/c1-6-10-17(7-2)14-9-13-16(5)12-8-11-15(3)4/h7,11,13H,6,8-10,12,14H2,1-5H3/b16-13+,17-7+. The van der Waals surface area contributed by atoms with Crippen LogP contribution in [0.25, 0.3) is 0 Å². The molecule has 0 amide bonds. The van der Waals surface area contributed by atoms with Gasteiger partial charge in [0.1, 0.15) is 0 Å². The average Bonchev–Trinajstić information content (AvgIpc) is 2.27. The molecule has 0 bridgehead atoms. The van der Waals surface area contributed by atoms with Crippen LogP contribution in [0.3, 0.4) is 0 Å². The van der Waals surface area contributed by atoms with E-state index in [1.165, 1.54) is 49.7 Å². The molecule has 0 aliphatic carbocycles. The predicted molar refractivity (Wildman–Crippen MR) is 80.3 cm³/mol. The third kappa shape index (κ3) is 10.1. The summed E-state index contributed by atoms with van der Waals surface area (Å²) in [5.41, 5.74) is 4.58. The van der Waals surface area contributed by atoms with Crippen molar-refractivity contribution in [2.24, 2.45) is 0 Å². The first-order chi connectivity index (χ1) is 8.10. The lowest BCUT2D eigenvalue weighted by Gasteiger charge is -2.04. The molecule has 17 heavy (non-hydrogen) atoms. The average molecular weight is 234 g/mol. The van der Waals surface area contributed by atoms with E-state index >= 15 is 0 Å². The molecule has 0 spiro atoms. The lowest BCUT2D eigenvalue weighted by atomic mass is 10.0. The zero-order valence-electron chi connectivity index (χ0n) is 12.5. The van der Waals surface area contributed by atoms with Gasteiger partial charge in [0.2, 0.25) is 0 Å². The first-order valence-electron chi connectivity index (χ1n) is 7.03. The molecule has 0 unspecified atom stereocenters. The van der Waals surface area contributed by atoms with Crippen LogP contribution in [-0.2, 0) is 0 Å². The number of hydrogen-bond donors (Lipinski definition) is 0. The largest absolute Gasteiger partial charge is 0.0884 e. The Hall–Kier alpha value is -0.780. The molecule has 0 saturated carbocycles. The summed E-state index contributed by atoms with van der Waals surface area (Å²) >= 11 is 0. The van der Waals surface area contributed by atoms with Crippen LogP contribution in [-0.4, -0.2) is 0 Å². The zero-order valence-corrected chi connectivity index (χ0v) is 12.5. The molecule has 0 aromatic carbocycles. The van der Waals surface area contributed by atoms with E-state index in [2.05, 4.69) is 52.8 Å². The molecule has 0 rings (SSSR count). The van der Waals surface area contributed by atoms with Gasteiger partial charge in [0.05, 0.1) is 0 Å². The predicted octanol–water partition coefficient (Wildman–Crippen LogP) is 6.21. The molecule has 0 atom stereocenters. The maximum atomic E-state index is 2.41. The van der Waals surface area contributed by atoms with E-state index in [9.17, 15) is 0 Å². The van der Waals surface area contributed by atoms with Crippen LogP contribution < -0.4 is 0 Å². The Labute approximate surface area is 109 Å². The van der Waals surface area contributed by atoms with Crippen LogP contribution in [0.5, 0.6) is 0 Å². The topological polar surface area (TPSA) is 0 Å². The highest BCUT2D eigenvalue weighted by atomic mass is 14.0. The molecule has 0 aliphatic rings. The van der Waals surface area contributed by atoms with E-state index in [0.29, 0.717) is 0 Å². The SMILES string of the molecule is C/C=C(\CCC)CC/C=C(\C)CCC=C(C)C. The van der Waals surface area contributed by atoms with E-state index < -0.39 is 0 Å². The van der Waals surface area contributed by atoms with Crippen LogP contribution in [0, 0.1) is 0 Å². The van der Waals surface area contributed by atoms with Crippen LogP contribution in [0.15, 0.2) is 34.9 Å². The Morgan fingerprint density at radius 3 is 2.06 bits per heavy atom. The Kier molecular flexibility index (Phi) is 9.90. The van der Waals surface area contributed by atoms with Crippen molar-refractivity contribution in [3.8, 4) is 0 Å². The molecule has 0 aromatic heterocycles. The molecular weight excluding hydrogens is 204 g/mol. The second-order valence-electron chi connectivity index (χ2n) is 5.11. The minimum absolute atomic E-state index is 1.19.